The zero-order chi connectivity index (χ0) is 21.4. The van der Waals surface area contributed by atoms with Gasteiger partial charge in [-0.3, -0.25) is 0 Å². The van der Waals surface area contributed by atoms with Crippen molar-refractivity contribution in [2.45, 2.75) is 109 Å². The van der Waals surface area contributed by atoms with Gasteiger partial charge in [-0.2, -0.15) is 13.2 Å². The van der Waals surface area contributed by atoms with E-state index in [4.69, 9.17) is 0 Å². The lowest BCUT2D eigenvalue weighted by molar-refractivity contribution is -0.206. The number of alkyl halides is 3. The summed E-state index contributed by atoms with van der Waals surface area (Å²) in [7, 11) is 0. The van der Waals surface area contributed by atoms with E-state index in [0.717, 1.165) is 18.7 Å². The second kappa shape index (κ2) is 15.6. The maximum absolute atomic E-state index is 12.5. The van der Waals surface area contributed by atoms with E-state index in [0.29, 0.717) is 0 Å². The molecule has 0 aromatic heterocycles. The predicted molar refractivity (Wildman–Crippen MR) is 116 cm³/mol. The van der Waals surface area contributed by atoms with Crippen molar-refractivity contribution >= 4 is 5.69 Å². The molecule has 168 valence electrons. The van der Waals surface area contributed by atoms with Gasteiger partial charge in [-0.25, -0.2) is 0 Å². The molecule has 0 bridgehead atoms. The first kappa shape index (κ1) is 25.8. The van der Waals surface area contributed by atoms with Gasteiger partial charge in [0.1, 0.15) is 0 Å². The fourth-order valence-corrected chi connectivity index (χ4v) is 3.52. The molecule has 0 saturated heterocycles. The molecule has 0 spiro atoms. The van der Waals surface area contributed by atoms with E-state index in [9.17, 15) is 18.3 Å². The van der Waals surface area contributed by atoms with E-state index in [1.165, 1.54) is 95.6 Å². The molecule has 0 fully saturated rings. The van der Waals surface area contributed by atoms with Gasteiger partial charge >= 0.3 is 6.18 Å². The molecule has 29 heavy (non-hydrogen) atoms. The molecule has 0 aliphatic rings. The van der Waals surface area contributed by atoms with Crippen molar-refractivity contribution in [1.29, 1.82) is 0 Å². The predicted octanol–water partition coefficient (Wildman–Crippen LogP) is 8.18. The Morgan fingerprint density at radius 1 is 0.724 bits per heavy atom. The van der Waals surface area contributed by atoms with Crippen LogP contribution in [0.3, 0.4) is 0 Å². The first-order chi connectivity index (χ1) is 13.9. The molecule has 1 aromatic carbocycles. The standard InChI is InChI=1S/C24H40F3NO/c1-2-3-4-5-6-7-8-9-10-11-12-13-14-15-20-28-22-18-16-21(17-19-22)23(29)24(25,26)27/h16-19,23,28-29H,2-15,20H2,1H3. The number of benzene rings is 1. The number of halogens is 3. The number of rotatable bonds is 17. The van der Waals surface area contributed by atoms with Crippen molar-refractivity contribution in [2.24, 2.45) is 0 Å². The Morgan fingerprint density at radius 2 is 1.14 bits per heavy atom. The van der Waals surface area contributed by atoms with Crippen molar-refractivity contribution in [2.75, 3.05) is 11.9 Å². The molecule has 5 heteroatoms. The lowest BCUT2D eigenvalue weighted by Crippen LogP contribution is -2.20. The molecule has 0 amide bonds. The van der Waals surface area contributed by atoms with Crippen molar-refractivity contribution in [3.63, 3.8) is 0 Å². The summed E-state index contributed by atoms with van der Waals surface area (Å²) in [6.45, 7) is 3.07. The molecule has 2 nitrogen and oxygen atoms in total. The van der Waals surface area contributed by atoms with E-state index in [-0.39, 0.29) is 5.56 Å². The monoisotopic (exact) mass is 415 g/mol. The molecule has 2 N–H and O–H groups in total. The Kier molecular flexibility index (Phi) is 13.9. The maximum atomic E-state index is 12.5. The normalized spacial score (nSPS) is 12.9. The number of nitrogens with one attached hydrogen (secondary N) is 1. The molecular weight excluding hydrogens is 375 g/mol. The van der Waals surface area contributed by atoms with Crippen LogP contribution in [0.1, 0.15) is 108 Å². The van der Waals surface area contributed by atoms with Crippen LogP contribution in [0, 0.1) is 0 Å². The van der Waals surface area contributed by atoms with Crippen molar-refractivity contribution in [3.05, 3.63) is 29.8 Å². The van der Waals surface area contributed by atoms with Crippen LogP contribution in [0.5, 0.6) is 0 Å². The van der Waals surface area contributed by atoms with Crippen LogP contribution in [-0.4, -0.2) is 17.8 Å². The Morgan fingerprint density at radius 3 is 1.55 bits per heavy atom. The maximum Gasteiger partial charge on any atom is 0.418 e. The molecule has 0 saturated carbocycles. The van der Waals surface area contributed by atoms with Gasteiger partial charge in [0.05, 0.1) is 0 Å². The highest BCUT2D eigenvalue weighted by Crippen LogP contribution is 2.32. The van der Waals surface area contributed by atoms with E-state index in [1.54, 1.807) is 12.1 Å². The molecule has 1 rings (SSSR count). The molecule has 0 aliphatic carbocycles. The largest absolute Gasteiger partial charge is 0.418 e. The van der Waals surface area contributed by atoms with Crippen LogP contribution in [0.2, 0.25) is 0 Å². The Labute approximate surface area is 175 Å². The summed E-state index contributed by atoms with van der Waals surface area (Å²) in [6.07, 6.45) is 11.5. The minimum Gasteiger partial charge on any atom is -0.385 e. The second-order valence-corrected chi connectivity index (χ2v) is 8.09. The zero-order valence-corrected chi connectivity index (χ0v) is 18.1. The van der Waals surface area contributed by atoms with E-state index >= 15 is 0 Å². The van der Waals surface area contributed by atoms with Crippen molar-refractivity contribution in [3.8, 4) is 0 Å². The Hall–Kier alpha value is -1.23. The van der Waals surface area contributed by atoms with Gasteiger partial charge in [0, 0.05) is 12.2 Å². The van der Waals surface area contributed by atoms with Crippen LogP contribution in [-0.2, 0) is 0 Å². The molecule has 0 radical (unpaired) electrons. The number of anilines is 1. The quantitative estimate of drug-likeness (QED) is 0.251. The van der Waals surface area contributed by atoms with Crippen LogP contribution >= 0.6 is 0 Å². The number of hydrogen-bond acceptors (Lipinski definition) is 2. The average Bonchev–Trinajstić information content (AvgIpc) is 2.70. The van der Waals surface area contributed by atoms with Crippen molar-refractivity contribution < 1.29 is 18.3 Å². The number of hydrogen-bond donors (Lipinski definition) is 2. The lowest BCUT2D eigenvalue weighted by atomic mass is 10.0. The summed E-state index contributed by atoms with van der Waals surface area (Å²) in [5.41, 5.74) is 0.664. The van der Waals surface area contributed by atoms with E-state index in [2.05, 4.69) is 12.2 Å². The fraction of sp³-hybridized carbons (Fsp3) is 0.750. The summed E-state index contributed by atoms with van der Waals surface area (Å²) in [4.78, 5) is 0. The van der Waals surface area contributed by atoms with Gasteiger partial charge in [0.2, 0.25) is 0 Å². The third kappa shape index (κ3) is 12.8. The van der Waals surface area contributed by atoms with Gasteiger partial charge in [0.15, 0.2) is 6.10 Å². The van der Waals surface area contributed by atoms with Crippen LogP contribution in [0.15, 0.2) is 24.3 Å². The smallest absolute Gasteiger partial charge is 0.385 e. The van der Waals surface area contributed by atoms with Gasteiger partial charge < -0.3 is 10.4 Å². The highest BCUT2D eigenvalue weighted by atomic mass is 19.4. The van der Waals surface area contributed by atoms with Gasteiger partial charge in [-0.15, -0.1) is 0 Å². The van der Waals surface area contributed by atoms with Crippen LogP contribution in [0.25, 0.3) is 0 Å². The minimum absolute atomic E-state index is 0.125. The molecule has 1 atom stereocenters. The first-order valence-corrected chi connectivity index (χ1v) is 11.5. The summed E-state index contributed by atoms with van der Waals surface area (Å²) in [6, 6.07) is 5.83. The van der Waals surface area contributed by atoms with Crippen LogP contribution in [0.4, 0.5) is 18.9 Å². The molecule has 1 aromatic rings. The van der Waals surface area contributed by atoms with Crippen molar-refractivity contribution in [1.82, 2.24) is 0 Å². The Balaban J connectivity index is 1.93. The SMILES string of the molecule is CCCCCCCCCCCCCCCCNc1ccc(C(O)C(F)(F)F)cc1. The highest BCUT2D eigenvalue weighted by molar-refractivity contribution is 5.45. The number of unbranched alkanes of at least 4 members (excludes halogenated alkanes) is 13. The zero-order valence-electron chi connectivity index (χ0n) is 18.1. The molecule has 0 heterocycles. The van der Waals surface area contributed by atoms with Gasteiger partial charge in [-0.05, 0) is 24.1 Å². The number of aliphatic hydroxyl groups excluding tert-OH is 1. The Bertz CT molecular complexity index is 502. The number of aliphatic hydroxyl groups is 1. The third-order valence-corrected chi connectivity index (χ3v) is 5.40. The van der Waals surface area contributed by atoms with Crippen LogP contribution < -0.4 is 5.32 Å². The first-order valence-electron chi connectivity index (χ1n) is 11.5. The summed E-state index contributed by atoms with van der Waals surface area (Å²) >= 11 is 0. The fourth-order valence-electron chi connectivity index (χ4n) is 3.52. The average molecular weight is 416 g/mol. The van der Waals surface area contributed by atoms with E-state index in [1.807, 2.05) is 0 Å². The molecular formula is C24H40F3NO. The summed E-state index contributed by atoms with van der Waals surface area (Å²) in [5.74, 6) is 0. The summed E-state index contributed by atoms with van der Waals surface area (Å²) < 4.78 is 37.4. The lowest BCUT2D eigenvalue weighted by Gasteiger charge is -2.15. The molecule has 0 aliphatic heterocycles. The second-order valence-electron chi connectivity index (χ2n) is 8.09. The topological polar surface area (TPSA) is 32.3 Å². The minimum atomic E-state index is -4.62. The van der Waals surface area contributed by atoms with E-state index < -0.39 is 12.3 Å². The summed E-state index contributed by atoms with van der Waals surface area (Å²) in [5, 5.41) is 12.4. The van der Waals surface area contributed by atoms with Gasteiger partial charge in [-0.1, -0.05) is 103 Å². The molecule has 1 unspecified atom stereocenters. The highest BCUT2D eigenvalue weighted by Gasteiger charge is 2.39. The third-order valence-electron chi connectivity index (χ3n) is 5.40. The van der Waals surface area contributed by atoms with Gasteiger partial charge in [0.25, 0.3) is 0 Å².